The van der Waals surface area contributed by atoms with E-state index in [0.717, 1.165) is 16.7 Å². The minimum atomic E-state index is -1.04. The molecule has 0 nitrogen and oxygen atoms in total. The highest BCUT2D eigenvalue weighted by Crippen LogP contribution is 2.49. The molecule has 22 heavy (non-hydrogen) atoms. The zero-order chi connectivity index (χ0) is 15.4. The van der Waals surface area contributed by atoms with E-state index < -0.39 is 4.33 Å². The summed E-state index contributed by atoms with van der Waals surface area (Å²) in [4.78, 5) is 0. The number of rotatable bonds is 4. The van der Waals surface area contributed by atoms with Crippen LogP contribution in [0.15, 0.2) is 91.0 Å². The van der Waals surface area contributed by atoms with E-state index in [4.69, 9.17) is 23.2 Å². The Bertz CT molecular complexity index is 667. The number of hydrogen-bond donors (Lipinski definition) is 0. The highest BCUT2D eigenvalue weighted by atomic mass is 35.5. The minimum Gasteiger partial charge on any atom is -0.0952 e. The van der Waals surface area contributed by atoms with Crippen LogP contribution in [0.25, 0.3) is 0 Å². The first-order chi connectivity index (χ1) is 10.7. The normalized spacial score (nSPS) is 11.6. The predicted octanol–water partition coefficient (Wildman–Crippen LogP) is 6.15. The van der Waals surface area contributed by atoms with Crippen molar-refractivity contribution in [3.05, 3.63) is 108 Å². The Morgan fingerprint density at radius 1 is 0.545 bits per heavy atom. The SMILES string of the molecule is ClC(Cl)(c1ccccc1)C(c1ccccc1)c1ccccc1. The Morgan fingerprint density at radius 3 is 1.32 bits per heavy atom. The summed E-state index contributed by atoms with van der Waals surface area (Å²) >= 11 is 13.7. The van der Waals surface area contributed by atoms with Gasteiger partial charge in [0.25, 0.3) is 0 Å². The maximum Gasteiger partial charge on any atom is 0.153 e. The van der Waals surface area contributed by atoms with Gasteiger partial charge in [-0.25, -0.2) is 0 Å². The fraction of sp³-hybridized carbons (Fsp3) is 0.100. The molecule has 3 aromatic carbocycles. The maximum absolute atomic E-state index is 6.86. The molecule has 0 saturated heterocycles. The van der Waals surface area contributed by atoms with Crippen molar-refractivity contribution in [2.75, 3.05) is 0 Å². The second kappa shape index (κ2) is 6.56. The summed E-state index contributed by atoms with van der Waals surface area (Å²) in [5.41, 5.74) is 3.10. The molecular weight excluding hydrogens is 311 g/mol. The van der Waals surface area contributed by atoms with Gasteiger partial charge in [-0.3, -0.25) is 0 Å². The van der Waals surface area contributed by atoms with Crippen LogP contribution in [0, 0.1) is 0 Å². The first kappa shape index (κ1) is 15.1. The van der Waals surface area contributed by atoms with Crippen LogP contribution in [-0.4, -0.2) is 0 Å². The Hall–Kier alpha value is -1.76. The van der Waals surface area contributed by atoms with Gasteiger partial charge in [-0.2, -0.15) is 0 Å². The molecule has 0 aromatic heterocycles. The van der Waals surface area contributed by atoms with Crippen molar-refractivity contribution in [1.82, 2.24) is 0 Å². The average Bonchev–Trinajstić information content (AvgIpc) is 2.58. The van der Waals surface area contributed by atoms with E-state index in [1.165, 1.54) is 0 Å². The van der Waals surface area contributed by atoms with Crippen molar-refractivity contribution >= 4 is 23.2 Å². The number of halogens is 2. The number of alkyl halides is 2. The lowest BCUT2D eigenvalue weighted by molar-refractivity contribution is 0.712. The second-order valence-electron chi connectivity index (χ2n) is 5.24. The van der Waals surface area contributed by atoms with Gasteiger partial charge in [-0.1, -0.05) is 114 Å². The Balaban J connectivity index is 2.14. The van der Waals surface area contributed by atoms with E-state index in [1.807, 2.05) is 66.7 Å². The van der Waals surface area contributed by atoms with Gasteiger partial charge in [-0.15, -0.1) is 0 Å². The van der Waals surface area contributed by atoms with Crippen LogP contribution < -0.4 is 0 Å². The van der Waals surface area contributed by atoms with Gasteiger partial charge in [0.15, 0.2) is 4.33 Å². The lowest BCUT2D eigenvalue weighted by Crippen LogP contribution is -2.22. The molecule has 0 amide bonds. The van der Waals surface area contributed by atoms with E-state index in [-0.39, 0.29) is 5.92 Å². The predicted molar refractivity (Wildman–Crippen MR) is 94.6 cm³/mol. The van der Waals surface area contributed by atoms with Gasteiger partial charge in [0, 0.05) is 5.92 Å². The Kier molecular flexibility index (Phi) is 4.52. The third-order valence-corrected chi connectivity index (χ3v) is 4.66. The number of benzene rings is 3. The van der Waals surface area contributed by atoms with Gasteiger partial charge < -0.3 is 0 Å². The van der Waals surface area contributed by atoms with Gasteiger partial charge in [0.1, 0.15) is 0 Å². The smallest absolute Gasteiger partial charge is 0.0952 e. The van der Waals surface area contributed by atoms with Crippen LogP contribution in [-0.2, 0) is 4.33 Å². The van der Waals surface area contributed by atoms with Crippen molar-refractivity contribution in [3.63, 3.8) is 0 Å². The van der Waals surface area contributed by atoms with Gasteiger partial charge in [0.2, 0.25) is 0 Å². The molecule has 3 aromatic rings. The van der Waals surface area contributed by atoms with Crippen LogP contribution in [0.4, 0.5) is 0 Å². The first-order valence-electron chi connectivity index (χ1n) is 7.23. The first-order valence-corrected chi connectivity index (χ1v) is 7.98. The minimum absolute atomic E-state index is 0.138. The fourth-order valence-corrected chi connectivity index (χ4v) is 3.49. The van der Waals surface area contributed by atoms with Gasteiger partial charge in [-0.05, 0) is 16.7 Å². The van der Waals surface area contributed by atoms with Gasteiger partial charge >= 0.3 is 0 Å². The van der Waals surface area contributed by atoms with Crippen molar-refractivity contribution in [2.24, 2.45) is 0 Å². The zero-order valence-corrected chi connectivity index (χ0v) is 13.5. The highest BCUT2D eigenvalue weighted by Gasteiger charge is 2.38. The lowest BCUT2D eigenvalue weighted by atomic mass is 9.85. The Morgan fingerprint density at radius 2 is 0.909 bits per heavy atom. The molecule has 110 valence electrons. The molecule has 0 aliphatic rings. The van der Waals surface area contributed by atoms with E-state index in [9.17, 15) is 0 Å². The molecule has 0 radical (unpaired) electrons. The molecule has 0 fully saturated rings. The second-order valence-corrected chi connectivity index (χ2v) is 6.63. The molecule has 0 aliphatic heterocycles. The van der Waals surface area contributed by atoms with Crippen LogP contribution in [0.2, 0.25) is 0 Å². The summed E-state index contributed by atoms with van der Waals surface area (Å²) in [5, 5.41) is 0. The summed E-state index contributed by atoms with van der Waals surface area (Å²) in [5.74, 6) is -0.138. The van der Waals surface area contributed by atoms with Crippen LogP contribution in [0.1, 0.15) is 22.6 Å². The van der Waals surface area contributed by atoms with Crippen LogP contribution >= 0.6 is 23.2 Å². The fourth-order valence-electron chi connectivity index (χ4n) is 2.73. The van der Waals surface area contributed by atoms with E-state index in [1.54, 1.807) is 0 Å². The molecule has 0 unspecified atom stereocenters. The van der Waals surface area contributed by atoms with Crippen LogP contribution in [0.5, 0.6) is 0 Å². The van der Waals surface area contributed by atoms with E-state index in [0.29, 0.717) is 0 Å². The largest absolute Gasteiger partial charge is 0.153 e. The lowest BCUT2D eigenvalue weighted by Gasteiger charge is -2.31. The summed E-state index contributed by atoms with van der Waals surface area (Å²) in [6.07, 6.45) is 0. The molecule has 0 spiro atoms. The monoisotopic (exact) mass is 326 g/mol. The summed E-state index contributed by atoms with van der Waals surface area (Å²) < 4.78 is -1.04. The van der Waals surface area contributed by atoms with Crippen molar-refractivity contribution in [3.8, 4) is 0 Å². The average molecular weight is 327 g/mol. The summed E-state index contributed by atoms with van der Waals surface area (Å²) in [6.45, 7) is 0. The molecule has 0 heterocycles. The molecule has 2 heteroatoms. The van der Waals surface area contributed by atoms with Crippen molar-refractivity contribution in [1.29, 1.82) is 0 Å². The standard InChI is InChI=1S/C20H16Cl2/c21-20(22,18-14-8-3-9-15-18)19(16-10-4-1-5-11-16)17-12-6-2-7-13-17/h1-15,19H. The van der Waals surface area contributed by atoms with E-state index in [2.05, 4.69) is 24.3 Å². The molecule has 3 rings (SSSR count). The topological polar surface area (TPSA) is 0 Å². The molecule has 0 atom stereocenters. The summed E-state index contributed by atoms with van der Waals surface area (Å²) in [6, 6.07) is 30.2. The molecule has 0 saturated carbocycles. The third kappa shape index (κ3) is 3.04. The van der Waals surface area contributed by atoms with Crippen molar-refractivity contribution < 1.29 is 0 Å². The third-order valence-electron chi connectivity index (χ3n) is 3.79. The number of hydrogen-bond acceptors (Lipinski definition) is 0. The molecular formula is C20H16Cl2. The van der Waals surface area contributed by atoms with Crippen molar-refractivity contribution in [2.45, 2.75) is 10.3 Å². The molecule has 0 bridgehead atoms. The quantitative estimate of drug-likeness (QED) is 0.504. The van der Waals surface area contributed by atoms with E-state index >= 15 is 0 Å². The summed E-state index contributed by atoms with van der Waals surface area (Å²) in [7, 11) is 0. The Labute approximate surface area is 141 Å². The molecule has 0 aliphatic carbocycles. The van der Waals surface area contributed by atoms with Crippen LogP contribution in [0.3, 0.4) is 0 Å². The molecule has 0 N–H and O–H groups in total. The highest BCUT2D eigenvalue weighted by molar-refractivity contribution is 6.48. The maximum atomic E-state index is 6.86. The van der Waals surface area contributed by atoms with Gasteiger partial charge in [0.05, 0.1) is 0 Å². The zero-order valence-electron chi connectivity index (χ0n) is 12.0.